The van der Waals surface area contributed by atoms with Crippen LogP contribution in [0.25, 0.3) is 17.8 Å². The number of H-pyrrole nitrogens is 1. The Bertz CT molecular complexity index is 980. The topological polar surface area (TPSA) is 56.8 Å². The van der Waals surface area contributed by atoms with Crippen molar-refractivity contribution in [3.8, 4) is 0 Å². The molecule has 0 amide bonds. The van der Waals surface area contributed by atoms with Gasteiger partial charge in [0.1, 0.15) is 5.69 Å². The molecular formula is C26H33N5. The van der Waals surface area contributed by atoms with Crippen LogP contribution < -0.4 is 5.32 Å². The van der Waals surface area contributed by atoms with Crippen LogP contribution in [0, 0.1) is 6.92 Å². The van der Waals surface area contributed by atoms with Crippen LogP contribution in [0.1, 0.15) is 54.8 Å². The number of likely N-dealkylation sites (tertiary alicyclic amines) is 1. The van der Waals surface area contributed by atoms with Crippen LogP contribution in [0.5, 0.6) is 0 Å². The molecule has 1 aromatic carbocycles. The maximum Gasteiger partial charge on any atom is 0.115 e. The van der Waals surface area contributed by atoms with E-state index in [1.54, 1.807) is 6.20 Å². The molecule has 0 spiro atoms. The Morgan fingerprint density at radius 3 is 2.55 bits per heavy atom. The number of anilines is 1. The van der Waals surface area contributed by atoms with Gasteiger partial charge in [0.25, 0.3) is 0 Å². The third kappa shape index (κ3) is 6.15. The highest BCUT2D eigenvalue weighted by atomic mass is 15.1. The normalized spacial score (nSPS) is 13.8. The van der Waals surface area contributed by atoms with Crippen molar-refractivity contribution >= 4 is 23.5 Å². The van der Waals surface area contributed by atoms with Crippen LogP contribution in [-0.4, -0.2) is 33.2 Å². The molecule has 1 aliphatic rings. The van der Waals surface area contributed by atoms with E-state index in [-0.39, 0.29) is 0 Å². The molecule has 0 bridgehead atoms. The smallest absolute Gasteiger partial charge is 0.115 e. The first-order chi connectivity index (χ1) is 15.2. The highest BCUT2D eigenvalue weighted by molar-refractivity contribution is 5.82. The van der Waals surface area contributed by atoms with Crippen molar-refractivity contribution in [1.29, 1.82) is 0 Å². The number of nitrogens with one attached hydrogen (secondary N) is 2. The molecule has 5 nitrogen and oxygen atoms in total. The SMILES string of the molecule is C=C(Nc1ccc(CN2CCCC2)cc1)c1n[nH]c(C)c1/C=C/c1cccnc1.CC. The predicted molar refractivity (Wildman–Crippen MR) is 131 cm³/mol. The van der Waals surface area contributed by atoms with Gasteiger partial charge in [0.05, 0.1) is 5.70 Å². The zero-order valence-corrected chi connectivity index (χ0v) is 18.9. The van der Waals surface area contributed by atoms with E-state index in [1.165, 1.54) is 31.5 Å². The van der Waals surface area contributed by atoms with Crippen molar-refractivity contribution in [3.63, 3.8) is 0 Å². The Labute approximate surface area is 185 Å². The van der Waals surface area contributed by atoms with Gasteiger partial charge >= 0.3 is 0 Å². The minimum Gasteiger partial charge on any atom is -0.354 e. The standard InChI is InChI=1S/C24H27N5.C2H6/c1-18-23(12-9-20-6-5-13-25-16-20)24(28-27-18)19(2)26-22-10-7-21(8-11-22)17-29-14-3-4-15-29;1-2/h5-13,16,26H,2-4,14-15,17H2,1H3,(H,27,28);1-2H3/b12-9+;. The van der Waals surface area contributed by atoms with Gasteiger partial charge in [-0.1, -0.05) is 50.8 Å². The Balaban J connectivity index is 0.00000132. The van der Waals surface area contributed by atoms with E-state index in [2.05, 4.69) is 62.3 Å². The minimum atomic E-state index is 0.771. The summed E-state index contributed by atoms with van der Waals surface area (Å²) in [5.74, 6) is 0. The van der Waals surface area contributed by atoms with Gasteiger partial charge in [0.15, 0.2) is 0 Å². The zero-order chi connectivity index (χ0) is 22.1. The first-order valence-corrected chi connectivity index (χ1v) is 11.1. The minimum absolute atomic E-state index is 0.771. The second-order valence-corrected chi connectivity index (χ2v) is 7.51. The van der Waals surface area contributed by atoms with Gasteiger partial charge in [-0.3, -0.25) is 15.0 Å². The van der Waals surface area contributed by atoms with Crippen LogP contribution in [0.3, 0.4) is 0 Å². The van der Waals surface area contributed by atoms with Gasteiger partial charge in [-0.15, -0.1) is 0 Å². The molecule has 4 rings (SSSR count). The highest BCUT2D eigenvalue weighted by Gasteiger charge is 2.13. The number of aryl methyl sites for hydroxylation is 1. The fourth-order valence-electron chi connectivity index (χ4n) is 3.65. The first-order valence-electron chi connectivity index (χ1n) is 11.1. The Kier molecular flexibility index (Phi) is 8.19. The summed E-state index contributed by atoms with van der Waals surface area (Å²) < 4.78 is 0. The number of aromatic amines is 1. The summed E-state index contributed by atoms with van der Waals surface area (Å²) in [5, 5.41) is 10.9. The third-order valence-electron chi connectivity index (χ3n) is 5.26. The number of pyridine rings is 1. The van der Waals surface area contributed by atoms with E-state index in [4.69, 9.17) is 0 Å². The van der Waals surface area contributed by atoms with Gasteiger partial charge in [0.2, 0.25) is 0 Å². The van der Waals surface area contributed by atoms with Crippen LogP contribution in [0.4, 0.5) is 5.69 Å². The lowest BCUT2D eigenvalue weighted by Gasteiger charge is -2.15. The van der Waals surface area contributed by atoms with E-state index >= 15 is 0 Å². The van der Waals surface area contributed by atoms with E-state index < -0.39 is 0 Å². The van der Waals surface area contributed by atoms with Crippen LogP contribution in [0.2, 0.25) is 0 Å². The van der Waals surface area contributed by atoms with Crippen molar-refractivity contribution in [2.24, 2.45) is 0 Å². The molecular weight excluding hydrogens is 382 g/mol. The third-order valence-corrected chi connectivity index (χ3v) is 5.26. The molecule has 1 fully saturated rings. The number of aromatic nitrogens is 3. The molecule has 2 N–H and O–H groups in total. The summed E-state index contributed by atoms with van der Waals surface area (Å²) >= 11 is 0. The van der Waals surface area contributed by atoms with Crippen molar-refractivity contribution in [1.82, 2.24) is 20.1 Å². The number of hydrogen-bond donors (Lipinski definition) is 2. The summed E-state index contributed by atoms with van der Waals surface area (Å²) in [4.78, 5) is 6.66. The number of nitrogens with zero attached hydrogens (tertiary/aromatic N) is 3. The number of rotatable bonds is 7. The maximum atomic E-state index is 4.45. The Morgan fingerprint density at radius 2 is 1.87 bits per heavy atom. The summed E-state index contributed by atoms with van der Waals surface area (Å²) in [6, 6.07) is 12.6. The molecule has 0 unspecified atom stereocenters. The van der Waals surface area contributed by atoms with Crippen molar-refractivity contribution in [2.45, 2.75) is 40.2 Å². The van der Waals surface area contributed by atoms with Crippen molar-refractivity contribution < 1.29 is 0 Å². The van der Waals surface area contributed by atoms with Crippen molar-refractivity contribution in [3.05, 3.63) is 83.4 Å². The molecule has 0 saturated carbocycles. The lowest BCUT2D eigenvalue weighted by molar-refractivity contribution is 0.331. The Morgan fingerprint density at radius 1 is 1.13 bits per heavy atom. The van der Waals surface area contributed by atoms with Gasteiger partial charge in [-0.25, -0.2) is 0 Å². The van der Waals surface area contributed by atoms with Gasteiger partial charge in [-0.05, 0) is 62.2 Å². The maximum absolute atomic E-state index is 4.45. The monoisotopic (exact) mass is 415 g/mol. The van der Waals surface area contributed by atoms with E-state index in [0.717, 1.165) is 40.4 Å². The predicted octanol–water partition coefficient (Wildman–Crippen LogP) is 5.99. The molecule has 3 heterocycles. The van der Waals surface area contributed by atoms with E-state index in [9.17, 15) is 0 Å². The summed E-state index contributed by atoms with van der Waals surface area (Å²) in [5.41, 5.74) is 7.03. The van der Waals surface area contributed by atoms with Crippen LogP contribution in [0.15, 0.2) is 55.4 Å². The molecule has 0 atom stereocenters. The van der Waals surface area contributed by atoms with E-state index in [0.29, 0.717) is 0 Å². The number of benzene rings is 1. The average molecular weight is 416 g/mol. The summed E-state index contributed by atoms with van der Waals surface area (Å²) in [7, 11) is 0. The Hall–Kier alpha value is -3.18. The molecule has 0 radical (unpaired) electrons. The second-order valence-electron chi connectivity index (χ2n) is 7.51. The number of hydrogen-bond acceptors (Lipinski definition) is 4. The lowest BCUT2D eigenvalue weighted by Crippen LogP contribution is -2.18. The van der Waals surface area contributed by atoms with E-state index in [1.807, 2.05) is 45.2 Å². The van der Waals surface area contributed by atoms with Crippen molar-refractivity contribution in [2.75, 3.05) is 18.4 Å². The molecule has 1 aliphatic heterocycles. The van der Waals surface area contributed by atoms with Gasteiger partial charge in [-0.2, -0.15) is 5.10 Å². The fraction of sp³-hybridized carbons (Fsp3) is 0.308. The highest BCUT2D eigenvalue weighted by Crippen LogP contribution is 2.23. The molecule has 162 valence electrons. The molecule has 1 saturated heterocycles. The fourth-order valence-corrected chi connectivity index (χ4v) is 3.65. The molecule has 2 aromatic heterocycles. The zero-order valence-electron chi connectivity index (χ0n) is 18.9. The quantitative estimate of drug-likeness (QED) is 0.498. The molecule has 0 aliphatic carbocycles. The van der Waals surface area contributed by atoms with Gasteiger partial charge in [0, 0.05) is 35.9 Å². The van der Waals surface area contributed by atoms with Gasteiger partial charge < -0.3 is 5.32 Å². The van der Waals surface area contributed by atoms with Crippen LogP contribution >= 0.6 is 0 Å². The lowest BCUT2D eigenvalue weighted by atomic mass is 10.1. The molecule has 5 heteroatoms. The van der Waals surface area contributed by atoms with Crippen LogP contribution in [-0.2, 0) is 6.54 Å². The molecule has 31 heavy (non-hydrogen) atoms. The first kappa shape index (κ1) is 22.5. The average Bonchev–Trinajstić information content (AvgIpc) is 3.45. The summed E-state index contributed by atoms with van der Waals surface area (Å²) in [6.45, 7) is 13.7. The molecule has 3 aromatic rings. The second kappa shape index (κ2) is 11.3. The largest absolute Gasteiger partial charge is 0.354 e. The summed E-state index contributed by atoms with van der Waals surface area (Å²) in [6.07, 6.45) is 10.3.